The smallest absolute Gasteiger partial charge is 0.255 e. The van der Waals surface area contributed by atoms with Gasteiger partial charge in [0.1, 0.15) is 6.04 Å². The number of amides is 2. The Morgan fingerprint density at radius 2 is 1.86 bits per heavy atom. The van der Waals surface area contributed by atoms with Gasteiger partial charge in [0.15, 0.2) is 5.13 Å². The Balaban J connectivity index is 1.34. The molecule has 182 valence electrons. The van der Waals surface area contributed by atoms with Gasteiger partial charge in [0, 0.05) is 62.5 Å². The molecule has 0 spiro atoms. The molecule has 0 radical (unpaired) electrons. The highest BCUT2D eigenvalue weighted by Gasteiger charge is 2.37. The van der Waals surface area contributed by atoms with Crippen molar-refractivity contribution in [3.05, 3.63) is 82.4 Å². The molecule has 35 heavy (non-hydrogen) atoms. The summed E-state index contributed by atoms with van der Waals surface area (Å²) < 4.78 is 0. The van der Waals surface area contributed by atoms with Gasteiger partial charge < -0.3 is 4.90 Å². The lowest BCUT2D eigenvalue weighted by atomic mass is 10.0. The van der Waals surface area contributed by atoms with Crippen molar-refractivity contribution in [1.29, 1.82) is 0 Å². The fourth-order valence-electron chi connectivity index (χ4n) is 4.94. The van der Waals surface area contributed by atoms with Crippen LogP contribution in [0.3, 0.4) is 0 Å². The van der Waals surface area contributed by atoms with Crippen molar-refractivity contribution in [3.63, 3.8) is 0 Å². The standard InChI is InChI=1S/C27H31N5O2S/c1-19(2)31-13-11-30(12-14-31)17-20-8-9-22-18-32(26(34)23(22)16-20)24(21-6-4-3-5-7-21)25(33)29-27-28-10-15-35-27/h3-10,15-16,19,24H,11-14,17-18H2,1-2H3,(H,28,29,33). The molecule has 1 unspecified atom stereocenters. The van der Waals surface area contributed by atoms with E-state index in [1.54, 1.807) is 11.1 Å². The molecule has 1 atom stereocenters. The number of nitrogens with one attached hydrogen (secondary N) is 1. The molecule has 1 aromatic heterocycles. The Hall–Kier alpha value is -3.07. The summed E-state index contributed by atoms with van der Waals surface area (Å²) in [5.41, 5.74) is 3.59. The van der Waals surface area contributed by atoms with Gasteiger partial charge in [-0.2, -0.15) is 0 Å². The van der Waals surface area contributed by atoms with Crippen LogP contribution in [0.15, 0.2) is 60.1 Å². The number of rotatable bonds is 7. The van der Waals surface area contributed by atoms with Crippen LogP contribution in [0.1, 0.15) is 46.9 Å². The molecule has 7 nitrogen and oxygen atoms in total. The average molecular weight is 490 g/mol. The number of nitrogens with zero attached hydrogens (tertiary/aromatic N) is 4. The van der Waals surface area contributed by atoms with Gasteiger partial charge in [-0.15, -0.1) is 11.3 Å². The van der Waals surface area contributed by atoms with Gasteiger partial charge in [-0.1, -0.05) is 42.5 Å². The zero-order valence-corrected chi connectivity index (χ0v) is 21.0. The zero-order chi connectivity index (χ0) is 24.4. The highest BCUT2D eigenvalue weighted by atomic mass is 32.1. The minimum absolute atomic E-state index is 0.102. The van der Waals surface area contributed by atoms with Crippen molar-refractivity contribution < 1.29 is 9.59 Å². The van der Waals surface area contributed by atoms with E-state index in [1.807, 2.05) is 47.8 Å². The molecular weight excluding hydrogens is 458 g/mol. The van der Waals surface area contributed by atoms with Gasteiger partial charge in [0.2, 0.25) is 0 Å². The van der Waals surface area contributed by atoms with Crippen LogP contribution in [0, 0.1) is 0 Å². The Kier molecular flexibility index (Phi) is 6.95. The van der Waals surface area contributed by atoms with Crippen LogP contribution in [0.4, 0.5) is 5.13 Å². The molecule has 5 rings (SSSR count). The summed E-state index contributed by atoms with van der Waals surface area (Å²) >= 11 is 1.36. The number of piperazine rings is 1. The summed E-state index contributed by atoms with van der Waals surface area (Å²) in [6.45, 7) is 9.93. The van der Waals surface area contributed by atoms with Crippen LogP contribution in [0.25, 0.3) is 0 Å². The highest BCUT2D eigenvalue weighted by molar-refractivity contribution is 7.13. The first-order valence-corrected chi connectivity index (χ1v) is 13.0. The Morgan fingerprint density at radius 1 is 1.09 bits per heavy atom. The molecule has 1 fully saturated rings. The van der Waals surface area contributed by atoms with Crippen LogP contribution in [-0.2, 0) is 17.9 Å². The summed E-state index contributed by atoms with van der Waals surface area (Å²) in [5.74, 6) is -0.356. The average Bonchev–Trinajstić information content (AvgIpc) is 3.48. The van der Waals surface area contributed by atoms with Crippen LogP contribution in [0.5, 0.6) is 0 Å². The first-order valence-electron chi connectivity index (χ1n) is 12.1. The topological polar surface area (TPSA) is 68.8 Å². The van der Waals surface area contributed by atoms with E-state index in [-0.39, 0.29) is 11.8 Å². The van der Waals surface area contributed by atoms with Crippen molar-refractivity contribution in [1.82, 2.24) is 19.7 Å². The first-order chi connectivity index (χ1) is 17.0. The molecule has 1 N–H and O–H groups in total. The summed E-state index contributed by atoms with van der Waals surface area (Å²) in [5, 5.41) is 5.23. The number of thiazole rings is 1. The molecular formula is C27H31N5O2S. The first kappa shape index (κ1) is 23.7. The van der Waals surface area contributed by atoms with Gasteiger partial charge in [-0.25, -0.2) is 4.98 Å². The molecule has 2 aromatic carbocycles. The number of benzene rings is 2. The zero-order valence-electron chi connectivity index (χ0n) is 20.2. The van der Waals surface area contributed by atoms with E-state index in [4.69, 9.17) is 0 Å². The molecule has 0 bridgehead atoms. The van der Waals surface area contributed by atoms with Crippen LogP contribution in [-0.4, -0.2) is 63.7 Å². The second-order valence-electron chi connectivity index (χ2n) is 9.47. The van der Waals surface area contributed by atoms with E-state index in [1.165, 1.54) is 11.3 Å². The SMILES string of the molecule is CC(C)N1CCN(Cc2ccc3c(c2)C(=O)N(C(C(=O)Nc2nccs2)c2ccccc2)C3)CC1. The lowest BCUT2D eigenvalue weighted by Gasteiger charge is -2.37. The molecule has 2 aliphatic rings. The third kappa shape index (κ3) is 5.15. The Bertz CT molecular complexity index is 1170. The molecule has 0 saturated carbocycles. The van der Waals surface area contributed by atoms with Crippen molar-refractivity contribution in [2.75, 3.05) is 31.5 Å². The van der Waals surface area contributed by atoms with Gasteiger partial charge in [-0.3, -0.25) is 24.7 Å². The Labute approximate surface area is 210 Å². The minimum atomic E-state index is -0.729. The van der Waals surface area contributed by atoms with Crippen molar-refractivity contribution >= 4 is 28.3 Å². The van der Waals surface area contributed by atoms with Gasteiger partial charge in [0.05, 0.1) is 0 Å². The summed E-state index contributed by atoms with van der Waals surface area (Å²) in [6.07, 6.45) is 1.65. The predicted octanol–water partition coefficient (Wildman–Crippen LogP) is 4.00. The number of carbonyl (C=O) groups excluding carboxylic acids is 2. The second kappa shape index (κ2) is 10.3. The van der Waals surface area contributed by atoms with Crippen molar-refractivity contribution in [2.45, 2.75) is 39.0 Å². The lowest BCUT2D eigenvalue weighted by molar-refractivity contribution is -0.120. The number of carbonyl (C=O) groups is 2. The molecule has 2 amide bonds. The van der Waals surface area contributed by atoms with Gasteiger partial charge >= 0.3 is 0 Å². The van der Waals surface area contributed by atoms with Crippen LogP contribution >= 0.6 is 11.3 Å². The highest BCUT2D eigenvalue weighted by Crippen LogP contribution is 2.33. The quantitative estimate of drug-likeness (QED) is 0.543. The molecule has 8 heteroatoms. The molecule has 2 aliphatic heterocycles. The van der Waals surface area contributed by atoms with Crippen molar-refractivity contribution in [3.8, 4) is 0 Å². The maximum absolute atomic E-state index is 13.6. The normalized spacial score (nSPS) is 17.6. The third-order valence-electron chi connectivity index (χ3n) is 6.89. The number of aromatic nitrogens is 1. The fraction of sp³-hybridized carbons (Fsp3) is 0.370. The minimum Gasteiger partial charge on any atom is -0.318 e. The van der Waals surface area contributed by atoms with E-state index in [0.29, 0.717) is 23.3 Å². The van der Waals surface area contributed by atoms with E-state index < -0.39 is 6.04 Å². The molecule has 1 saturated heterocycles. The second-order valence-corrected chi connectivity index (χ2v) is 10.4. The fourth-order valence-corrected chi connectivity index (χ4v) is 5.47. The maximum Gasteiger partial charge on any atom is 0.255 e. The van der Waals surface area contributed by atoms with E-state index in [9.17, 15) is 9.59 Å². The summed E-state index contributed by atoms with van der Waals surface area (Å²) in [6, 6.07) is 15.5. The number of fused-ring (bicyclic) bond motifs is 1. The predicted molar refractivity (Wildman–Crippen MR) is 138 cm³/mol. The lowest BCUT2D eigenvalue weighted by Crippen LogP contribution is -2.48. The number of hydrogen-bond donors (Lipinski definition) is 1. The molecule has 3 aromatic rings. The third-order valence-corrected chi connectivity index (χ3v) is 7.58. The summed E-state index contributed by atoms with van der Waals surface area (Å²) in [7, 11) is 0. The monoisotopic (exact) mass is 489 g/mol. The number of hydrogen-bond acceptors (Lipinski definition) is 6. The molecule has 0 aliphatic carbocycles. The Morgan fingerprint density at radius 3 is 2.54 bits per heavy atom. The summed E-state index contributed by atoms with van der Waals surface area (Å²) in [4.78, 5) is 37.7. The maximum atomic E-state index is 13.6. The van der Waals surface area contributed by atoms with Crippen LogP contribution in [0.2, 0.25) is 0 Å². The van der Waals surface area contributed by atoms with E-state index in [2.05, 4.69) is 40.0 Å². The van der Waals surface area contributed by atoms with Crippen LogP contribution < -0.4 is 5.32 Å². The van der Waals surface area contributed by atoms with E-state index >= 15 is 0 Å². The van der Waals surface area contributed by atoms with Crippen molar-refractivity contribution in [2.24, 2.45) is 0 Å². The van der Waals surface area contributed by atoms with E-state index in [0.717, 1.165) is 49.4 Å². The van der Waals surface area contributed by atoms with Gasteiger partial charge in [-0.05, 0) is 36.6 Å². The largest absolute Gasteiger partial charge is 0.318 e. The number of anilines is 1. The molecule has 3 heterocycles. The van der Waals surface area contributed by atoms with Gasteiger partial charge in [0.25, 0.3) is 11.8 Å².